The molecule has 13 heavy (non-hydrogen) atoms. The van der Waals surface area contributed by atoms with E-state index in [1.54, 1.807) is 12.1 Å². The summed E-state index contributed by atoms with van der Waals surface area (Å²) >= 11 is 3.25. The zero-order valence-corrected chi connectivity index (χ0v) is 8.67. The van der Waals surface area contributed by atoms with E-state index in [2.05, 4.69) is 15.9 Å². The van der Waals surface area contributed by atoms with E-state index in [9.17, 15) is 4.79 Å². The van der Waals surface area contributed by atoms with E-state index < -0.39 is 5.97 Å². The van der Waals surface area contributed by atoms with E-state index in [0.717, 1.165) is 5.56 Å². The zero-order valence-electron chi connectivity index (χ0n) is 7.08. The SMILES string of the molecule is COc1ccc(CBr)cc1C(=O)O. The van der Waals surface area contributed by atoms with Gasteiger partial charge in [0.15, 0.2) is 0 Å². The van der Waals surface area contributed by atoms with Crippen molar-refractivity contribution in [2.45, 2.75) is 5.33 Å². The lowest BCUT2D eigenvalue weighted by atomic mass is 10.1. The lowest BCUT2D eigenvalue weighted by molar-refractivity contribution is 0.0693. The summed E-state index contributed by atoms with van der Waals surface area (Å²) in [6, 6.07) is 5.07. The molecule has 0 aromatic heterocycles. The predicted octanol–water partition coefficient (Wildman–Crippen LogP) is 2.29. The standard InChI is InChI=1S/C9H9BrO3/c1-13-8-3-2-6(5-10)4-7(8)9(11)12/h2-4H,5H2,1H3,(H,11,12). The Kier molecular flexibility index (Phi) is 3.31. The molecule has 0 aliphatic heterocycles. The summed E-state index contributed by atoms with van der Waals surface area (Å²) in [5, 5.41) is 9.46. The largest absolute Gasteiger partial charge is 0.496 e. The molecule has 70 valence electrons. The van der Waals surface area contributed by atoms with Crippen LogP contribution in [0.2, 0.25) is 0 Å². The minimum atomic E-state index is -0.973. The Balaban J connectivity index is 3.18. The van der Waals surface area contributed by atoms with Crippen LogP contribution in [0.25, 0.3) is 0 Å². The number of alkyl halides is 1. The second-order valence-corrected chi connectivity index (χ2v) is 3.03. The van der Waals surface area contributed by atoms with Gasteiger partial charge in [0.2, 0.25) is 0 Å². The Hall–Kier alpha value is -1.03. The van der Waals surface area contributed by atoms with Crippen LogP contribution in [0.5, 0.6) is 5.75 Å². The van der Waals surface area contributed by atoms with Crippen LogP contribution in [-0.2, 0) is 5.33 Å². The van der Waals surface area contributed by atoms with Gasteiger partial charge < -0.3 is 9.84 Å². The molecule has 1 rings (SSSR count). The van der Waals surface area contributed by atoms with Crippen molar-refractivity contribution in [3.05, 3.63) is 29.3 Å². The van der Waals surface area contributed by atoms with Gasteiger partial charge in [0.25, 0.3) is 0 Å². The number of methoxy groups -OCH3 is 1. The van der Waals surface area contributed by atoms with Gasteiger partial charge >= 0.3 is 5.97 Å². The third-order valence-corrected chi connectivity index (χ3v) is 2.30. The number of carboxylic acids is 1. The number of benzene rings is 1. The zero-order chi connectivity index (χ0) is 9.84. The van der Waals surface area contributed by atoms with Crippen molar-refractivity contribution in [1.29, 1.82) is 0 Å². The van der Waals surface area contributed by atoms with E-state index in [1.165, 1.54) is 7.11 Å². The van der Waals surface area contributed by atoms with E-state index in [4.69, 9.17) is 9.84 Å². The van der Waals surface area contributed by atoms with Crippen LogP contribution in [-0.4, -0.2) is 18.2 Å². The highest BCUT2D eigenvalue weighted by atomic mass is 79.9. The fraction of sp³-hybridized carbons (Fsp3) is 0.222. The van der Waals surface area contributed by atoms with Gasteiger partial charge in [-0.1, -0.05) is 22.0 Å². The number of hydrogen-bond donors (Lipinski definition) is 1. The second-order valence-electron chi connectivity index (χ2n) is 2.47. The van der Waals surface area contributed by atoms with Crippen molar-refractivity contribution in [3.63, 3.8) is 0 Å². The first-order valence-electron chi connectivity index (χ1n) is 3.65. The molecule has 0 atom stereocenters. The van der Waals surface area contributed by atoms with Gasteiger partial charge in [-0.25, -0.2) is 4.79 Å². The van der Waals surface area contributed by atoms with Crippen LogP contribution in [0.4, 0.5) is 0 Å². The van der Waals surface area contributed by atoms with Crippen molar-refractivity contribution < 1.29 is 14.6 Å². The maximum Gasteiger partial charge on any atom is 0.339 e. The minimum Gasteiger partial charge on any atom is -0.496 e. The first-order chi connectivity index (χ1) is 6.19. The van der Waals surface area contributed by atoms with Gasteiger partial charge in [0.1, 0.15) is 11.3 Å². The number of aromatic carboxylic acids is 1. The van der Waals surface area contributed by atoms with Gasteiger partial charge in [-0.05, 0) is 17.7 Å². The molecular weight excluding hydrogens is 236 g/mol. The molecule has 0 amide bonds. The predicted molar refractivity (Wildman–Crippen MR) is 52.6 cm³/mol. The highest BCUT2D eigenvalue weighted by Crippen LogP contribution is 2.20. The third-order valence-electron chi connectivity index (χ3n) is 1.65. The van der Waals surface area contributed by atoms with E-state index >= 15 is 0 Å². The van der Waals surface area contributed by atoms with Crippen molar-refractivity contribution >= 4 is 21.9 Å². The number of halogens is 1. The van der Waals surface area contributed by atoms with Crippen molar-refractivity contribution in [2.75, 3.05) is 7.11 Å². The Morgan fingerprint density at radius 2 is 2.31 bits per heavy atom. The van der Waals surface area contributed by atoms with Crippen LogP contribution >= 0.6 is 15.9 Å². The van der Waals surface area contributed by atoms with Crippen LogP contribution in [0, 0.1) is 0 Å². The van der Waals surface area contributed by atoms with Crippen LogP contribution in [0.15, 0.2) is 18.2 Å². The van der Waals surface area contributed by atoms with Crippen LogP contribution in [0.3, 0.4) is 0 Å². The topological polar surface area (TPSA) is 46.5 Å². The molecule has 0 saturated heterocycles. The summed E-state index contributed by atoms with van der Waals surface area (Å²) in [7, 11) is 1.45. The number of rotatable bonds is 3. The third kappa shape index (κ3) is 2.21. The molecular formula is C9H9BrO3. The molecule has 0 fully saturated rings. The Labute approximate surface area is 84.5 Å². The second kappa shape index (κ2) is 4.28. The number of carbonyl (C=O) groups is 1. The Bertz CT molecular complexity index is 323. The smallest absolute Gasteiger partial charge is 0.339 e. The van der Waals surface area contributed by atoms with Gasteiger partial charge in [0, 0.05) is 5.33 Å². The number of hydrogen-bond acceptors (Lipinski definition) is 2. The fourth-order valence-corrected chi connectivity index (χ4v) is 1.35. The Morgan fingerprint density at radius 1 is 1.62 bits per heavy atom. The molecule has 1 N–H and O–H groups in total. The van der Waals surface area contributed by atoms with Gasteiger partial charge in [-0.2, -0.15) is 0 Å². The highest BCUT2D eigenvalue weighted by Gasteiger charge is 2.10. The molecule has 0 unspecified atom stereocenters. The van der Waals surface area contributed by atoms with Crippen LogP contribution in [0.1, 0.15) is 15.9 Å². The van der Waals surface area contributed by atoms with Crippen molar-refractivity contribution in [3.8, 4) is 5.75 Å². The summed E-state index contributed by atoms with van der Waals surface area (Å²) in [6.45, 7) is 0. The molecule has 1 aromatic rings. The molecule has 0 heterocycles. The molecule has 4 heteroatoms. The van der Waals surface area contributed by atoms with E-state index in [0.29, 0.717) is 11.1 Å². The maximum atomic E-state index is 10.8. The quantitative estimate of drug-likeness (QED) is 0.831. The Morgan fingerprint density at radius 3 is 2.77 bits per heavy atom. The molecule has 3 nitrogen and oxygen atoms in total. The average Bonchev–Trinajstić information content (AvgIpc) is 2.16. The van der Waals surface area contributed by atoms with E-state index in [1.807, 2.05) is 6.07 Å². The molecule has 0 radical (unpaired) electrons. The van der Waals surface area contributed by atoms with Gasteiger partial charge in [-0.3, -0.25) is 0 Å². The molecule has 1 aromatic carbocycles. The fourth-order valence-electron chi connectivity index (χ4n) is 1.01. The first kappa shape index (κ1) is 10.1. The number of carboxylic acid groups (broad SMARTS) is 1. The lowest BCUT2D eigenvalue weighted by Gasteiger charge is -2.05. The van der Waals surface area contributed by atoms with E-state index in [-0.39, 0.29) is 5.56 Å². The maximum absolute atomic E-state index is 10.8. The summed E-state index contributed by atoms with van der Waals surface area (Å²) in [5.41, 5.74) is 1.11. The average molecular weight is 245 g/mol. The molecule has 0 spiro atoms. The van der Waals surface area contributed by atoms with Gasteiger partial charge in [0.05, 0.1) is 7.11 Å². The summed E-state index contributed by atoms with van der Waals surface area (Å²) in [5.74, 6) is -0.586. The van der Waals surface area contributed by atoms with Crippen molar-refractivity contribution in [1.82, 2.24) is 0 Å². The first-order valence-corrected chi connectivity index (χ1v) is 4.77. The number of ether oxygens (including phenoxy) is 1. The lowest BCUT2D eigenvalue weighted by Crippen LogP contribution is -2.01. The monoisotopic (exact) mass is 244 g/mol. The minimum absolute atomic E-state index is 0.194. The van der Waals surface area contributed by atoms with Gasteiger partial charge in [-0.15, -0.1) is 0 Å². The highest BCUT2D eigenvalue weighted by molar-refractivity contribution is 9.08. The normalized spacial score (nSPS) is 9.69. The molecule has 0 bridgehead atoms. The molecule has 0 saturated carbocycles. The van der Waals surface area contributed by atoms with Crippen molar-refractivity contribution in [2.24, 2.45) is 0 Å². The molecule has 0 aliphatic carbocycles. The van der Waals surface area contributed by atoms with Crippen LogP contribution < -0.4 is 4.74 Å². The molecule has 0 aliphatic rings. The summed E-state index contributed by atoms with van der Waals surface area (Å²) < 4.78 is 4.91. The summed E-state index contributed by atoms with van der Waals surface area (Å²) in [4.78, 5) is 10.8. The summed E-state index contributed by atoms with van der Waals surface area (Å²) in [6.07, 6.45) is 0.